The highest BCUT2D eigenvalue weighted by Gasteiger charge is 2.30. The first-order valence-electron chi connectivity index (χ1n) is 7.21. The van der Waals surface area contributed by atoms with Crippen molar-refractivity contribution in [3.63, 3.8) is 0 Å². The van der Waals surface area contributed by atoms with Crippen LogP contribution in [0.1, 0.15) is 32.0 Å². The van der Waals surface area contributed by atoms with Gasteiger partial charge in [-0.15, -0.1) is 0 Å². The molecule has 1 aromatic heterocycles. The number of aryl methyl sites for hydroxylation is 1. The quantitative estimate of drug-likeness (QED) is 0.835. The van der Waals surface area contributed by atoms with Crippen LogP contribution in [0.4, 0.5) is 19.0 Å². The average molecular weight is 303 g/mol. The number of anilines is 1. The van der Waals surface area contributed by atoms with Crippen molar-refractivity contribution in [2.75, 3.05) is 24.5 Å². The van der Waals surface area contributed by atoms with Crippen molar-refractivity contribution in [1.29, 1.82) is 0 Å². The van der Waals surface area contributed by atoms with Crippen molar-refractivity contribution in [1.82, 2.24) is 10.3 Å². The molecule has 0 bridgehead atoms. The lowest BCUT2D eigenvalue weighted by atomic mass is 10.2. The largest absolute Gasteiger partial charge is 0.405 e. The average Bonchev–Trinajstić information content (AvgIpc) is 2.33. The summed E-state index contributed by atoms with van der Waals surface area (Å²) in [5.74, 6) is 0.918. The van der Waals surface area contributed by atoms with Gasteiger partial charge in [-0.1, -0.05) is 13.8 Å². The number of nitrogens with zero attached hydrogens (tertiary/aromatic N) is 2. The molecule has 21 heavy (non-hydrogen) atoms. The molecule has 0 saturated heterocycles. The van der Waals surface area contributed by atoms with Gasteiger partial charge >= 0.3 is 6.18 Å². The Morgan fingerprint density at radius 1 is 1.29 bits per heavy atom. The minimum absolute atomic E-state index is 0.273. The summed E-state index contributed by atoms with van der Waals surface area (Å²) in [6.07, 6.45) is -4.22. The molecule has 0 aromatic carbocycles. The number of rotatable bonds is 7. The zero-order valence-corrected chi connectivity index (χ0v) is 13.1. The fourth-order valence-electron chi connectivity index (χ4n) is 2.06. The first-order chi connectivity index (χ1) is 9.71. The third-order valence-electron chi connectivity index (χ3n) is 2.96. The van der Waals surface area contributed by atoms with Crippen molar-refractivity contribution in [3.05, 3.63) is 23.4 Å². The van der Waals surface area contributed by atoms with E-state index in [2.05, 4.69) is 24.1 Å². The Labute approximate surface area is 124 Å². The number of hydrogen-bond donors (Lipinski definition) is 1. The number of alkyl halides is 3. The molecule has 0 fully saturated rings. The van der Waals surface area contributed by atoms with Gasteiger partial charge in [-0.3, -0.25) is 0 Å². The van der Waals surface area contributed by atoms with Crippen LogP contribution in [-0.4, -0.2) is 30.8 Å². The van der Waals surface area contributed by atoms with Gasteiger partial charge in [-0.05, 0) is 44.0 Å². The highest BCUT2D eigenvalue weighted by molar-refractivity contribution is 5.42. The summed E-state index contributed by atoms with van der Waals surface area (Å²) >= 11 is 0. The number of aromatic nitrogens is 1. The predicted molar refractivity (Wildman–Crippen MR) is 79.5 cm³/mol. The van der Waals surface area contributed by atoms with Crippen LogP contribution in [0.5, 0.6) is 0 Å². The van der Waals surface area contributed by atoms with E-state index < -0.39 is 12.7 Å². The normalized spacial score (nSPS) is 12.0. The summed E-state index contributed by atoms with van der Waals surface area (Å²) in [5.41, 5.74) is 1.69. The molecular weight excluding hydrogens is 279 g/mol. The van der Waals surface area contributed by atoms with Gasteiger partial charge in [0.05, 0.1) is 0 Å². The number of nitrogens with one attached hydrogen (secondary N) is 1. The Balaban J connectivity index is 2.84. The molecular formula is C15H24F3N3. The molecule has 0 aliphatic rings. The Morgan fingerprint density at radius 3 is 2.48 bits per heavy atom. The molecule has 6 heteroatoms. The lowest BCUT2D eigenvalue weighted by Crippen LogP contribution is -2.34. The molecule has 0 aliphatic heterocycles. The van der Waals surface area contributed by atoms with E-state index >= 15 is 0 Å². The minimum Gasteiger partial charge on any atom is -0.348 e. The summed E-state index contributed by atoms with van der Waals surface area (Å²) in [7, 11) is 0. The van der Waals surface area contributed by atoms with E-state index in [1.54, 1.807) is 19.9 Å². The molecule has 0 aliphatic carbocycles. The minimum atomic E-state index is -4.22. The maximum atomic E-state index is 12.6. The Morgan fingerprint density at radius 2 is 1.95 bits per heavy atom. The number of hydrogen-bond acceptors (Lipinski definition) is 3. The molecule has 120 valence electrons. The van der Waals surface area contributed by atoms with Crippen LogP contribution in [0.15, 0.2) is 12.1 Å². The molecule has 0 saturated carbocycles. The Bertz CT molecular complexity index is 444. The van der Waals surface area contributed by atoms with Gasteiger partial charge < -0.3 is 10.2 Å². The summed E-state index contributed by atoms with van der Waals surface area (Å²) in [6, 6.07) is 3.63. The van der Waals surface area contributed by atoms with E-state index in [9.17, 15) is 13.2 Å². The van der Waals surface area contributed by atoms with Crippen LogP contribution in [0, 0.1) is 12.8 Å². The Hall–Kier alpha value is -1.30. The van der Waals surface area contributed by atoms with Crippen LogP contribution in [0.3, 0.4) is 0 Å². The van der Waals surface area contributed by atoms with E-state index in [-0.39, 0.29) is 6.54 Å². The number of halogens is 3. The third kappa shape index (κ3) is 6.80. The van der Waals surface area contributed by atoms with Crippen molar-refractivity contribution < 1.29 is 13.2 Å². The zero-order valence-electron chi connectivity index (χ0n) is 13.1. The van der Waals surface area contributed by atoms with Crippen molar-refractivity contribution in [3.8, 4) is 0 Å². The molecule has 1 aromatic rings. The highest BCUT2D eigenvalue weighted by Crippen LogP contribution is 2.22. The molecule has 1 rings (SSSR count). The lowest BCUT2D eigenvalue weighted by Gasteiger charge is -2.24. The molecule has 0 unspecified atom stereocenters. The van der Waals surface area contributed by atoms with Gasteiger partial charge in [0, 0.05) is 18.8 Å². The van der Waals surface area contributed by atoms with Crippen LogP contribution in [0.25, 0.3) is 0 Å². The molecule has 3 nitrogen and oxygen atoms in total. The van der Waals surface area contributed by atoms with Gasteiger partial charge in [0.15, 0.2) is 0 Å². The molecule has 0 amide bonds. The SMILES string of the molecule is CCN(CC(F)(F)F)c1cc(CNCC(C)C)cc(C)n1. The zero-order chi connectivity index (χ0) is 16.0. The Kier molecular flexibility index (Phi) is 6.45. The monoisotopic (exact) mass is 303 g/mol. The van der Waals surface area contributed by atoms with Gasteiger partial charge in [-0.25, -0.2) is 4.98 Å². The fourth-order valence-corrected chi connectivity index (χ4v) is 2.06. The van der Waals surface area contributed by atoms with E-state index in [1.165, 1.54) is 4.90 Å². The van der Waals surface area contributed by atoms with Gasteiger partial charge in [0.1, 0.15) is 12.4 Å². The second-order valence-corrected chi connectivity index (χ2v) is 5.63. The summed E-state index contributed by atoms with van der Waals surface area (Å²) in [6.45, 7) is 8.53. The molecule has 1 heterocycles. The molecule has 0 atom stereocenters. The summed E-state index contributed by atoms with van der Waals surface area (Å²) < 4.78 is 37.8. The predicted octanol–water partition coefficient (Wildman–Crippen LogP) is 3.52. The molecule has 0 radical (unpaired) electrons. The van der Waals surface area contributed by atoms with Crippen molar-refractivity contribution in [2.45, 2.75) is 40.4 Å². The second-order valence-electron chi connectivity index (χ2n) is 5.63. The van der Waals surface area contributed by atoms with E-state index in [0.717, 1.165) is 17.8 Å². The van der Waals surface area contributed by atoms with Crippen LogP contribution in [0.2, 0.25) is 0 Å². The highest BCUT2D eigenvalue weighted by atomic mass is 19.4. The topological polar surface area (TPSA) is 28.2 Å². The van der Waals surface area contributed by atoms with E-state index in [4.69, 9.17) is 0 Å². The van der Waals surface area contributed by atoms with Crippen LogP contribution in [-0.2, 0) is 6.54 Å². The lowest BCUT2D eigenvalue weighted by molar-refractivity contribution is -0.119. The first kappa shape index (κ1) is 17.8. The van der Waals surface area contributed by atoms with E-state index in [0.29, 0.717) is 18.3 Å². The third-order valence-corrected chi connectivity index (χ3v) is 2.96. The molecule has 1 N–H and O–H groups in total. The van der Waals surface area contributed by atoms with Crippen molar-refractivity contribution >= 4 is 5.82 Å². The van der Waals surface area contributed by atoms with Crippen molar-refractivity contribution in [2.24, 2.45) is 5.92 Å². The maximum absolute atomic E-state index is 12.6. The smallest absolute Gasteiger partial charge is 0.348 e. The molecule has 0 spiro atoms. The van der Waals surface area contributed by atoms with Gasteiger partial charge in [-0.2, -0.15) is 13.2 Å². The number of pyridine rings is 1. The van der Waals surface area contributed by atoms with Crippen LogP contribution >= 0.6 is 0 Å². The first-order valence-corrected chi connectivity index (χ1v) is 7.21. The second kappa shape index (κ2) is 7.64. The fraction of sp³-hybridized carbons (Fsp3) is 0.667. The van der Waals surface area contributed by atoms with Gasteiger partial charge in [0.25, 0.3) is 0 Å². The summed E-state index contributed by atoms with van der Waals surface area (Å²) in [4.78, 5) is 5.48. The summed E-state index contributed by atoms with van der Waals surface area (Å²) in [5, 5.41) is 3.29. The maximum Gasteiger partial charge on any atom is 0.405 e. The van der Waals surface area contributed by atoms with Gasteiger partial charge in [0.2, 0.25) is 0 Å². The van der Waals surface area contributed by atoms with Crippen LogP contribution < -0.4 is 10.2 Å². The standard InChI is InChI=1S/C15H24F3N3/c1-5-21(10-15(16,17)18)14-7-13(6-12(4)20-14)9-19-8-11(2)3/h6-7,11,19H,5,8-10H2,1-4H3. The van der Waals surface area contributed by atoms with E-state index in [1.807, 2.05) is 6.07 Å².